The van der Waals surface area contributed by atoms with Crippen molar-refractivity contribution in [3.05, 3.63) is 71.6 Å². The number of hydrogen-bond acceptors (Lipinski definition) is 4. The summed E-state index contributed by atoms with van der Waals surface area (Å²) in [6, 6.07) is 10.3. The van der Waals surface area contributed by atoms with Crippen LogP contribution in [0.4, 0.5) is 5.69 Å². The zero-order chi connectivity index (χ0) is 17.8. The third-order valence-electron chi connectivity index (χ3n) is 4.18. The Morgan fingerprint density at radius 1 is 1.12 bits per heavy atom. The third kappa shape index (κ3) is 4.44. The van der Waals surface area contributed by atoms with Crippen molar-refractivity contribution >= 4 is 5.69 Å². The Kier molecular flexibility index (Phi) is 5.12. The molecule has 0 atom stereocenters. The number of pyridine rings is 2. The van der Waals surface area contributed by atoms with Crippen molar-refractivity contribution in [2.75, 3.05) is 11.9 Å². The van der Waals surface area contributed by atoms with Crippen LogP contribution in [0.25, 0.3) is 0 Å². The molecule has 0 saturated carbocycles. The Hall–Kier alpha value is -2.69. The van der Waals surface area contributed by atoms with Crippen LogP contribution in [0.2, 0.25) is 0 Å². The Bertz CT molecular complexity index is 820. The minimum Gasteiger partial charge on any atom is -0.369 e. The van der Waals surface area contributed by atoms with Crippen LogP contribution in [0, 0.1) is 6.92 Å². The van der Waals surface area contributed by atoms with Crippen LogP contribution < -0.4 is 4.90 Å². The van der Waals surface area contributed by atoms with Gasteiger partial charge in [0.2, 0.25) is 0 Å². The average Bonchev–Trinajstić information content (AvgIpc) is 3.01. The van der Waals surface area contributed by atoms with Gasteiger partial charge in [0.25, 0.3) is 0 Å². The molecule has 0 amide bonds. The van der Waals surface area contributed by atoms with Crippen molar-refractivity contribution in [2.45, 2.75) is 39.8 Å². The van der Waals surface area contributed by atoms with Gasteiger partial charge in [-0.1, -0.05) is 19.9 Å². The van der Waals surface area contributed by atoms with Gasteiger partial charge >= 0.3 is 0 Å². The Morgan fingerprint density at radius 2 is 1.96 bits per heavy atom. The predicted octanol–water partition coefficient (Wildman–Crippen LogP) is 3.79. The van der Waals surface area contributed by atoms with E-state index >= 15 is 0 Å². The minimum atomic E-state index is 0.452. The van der Waals surface area contributed by atoms with E-state index in [4.69, 9.17) is 0 Å². The summed E-state index contributed by atoms with van der Waals surface area (Å²) in [5.41, 5.74) is 5.45. The monoisotopic (exact) mass is 335 g/mol. The normalized spacial score (nSPS) is 11.1. The number of aromatic nitrogens is 4. The summed E-state index contributed by atoms with van der Waals surface area (Å²) in [6.45, 7) is 7.80. The van der Waals surface area contributed by atoms with Gasteiger partial charge in [-0.15, -0.1) is 0 Å². The highest BCUT2D eigenvalue weighted by molar-refractivity contribution is 5.44. The van der Waals surface area contributed by atoms with Crippen molar-refractivity contribution < 1.29 is 0 Å². The zero-order valence-electron chi connectivity index (χ0n) is 15.3. The second-order valence-electron chi connectivity index (χ2n) is 6.77. The molecule has 0 unspecified atom stereocenters. The van der Waals surface area contributed by atoms with Crippen LogP contribution in [0.3, 0.4) is 0 Å². The van der Waals surface area contributed by atoms with E-state index in [1.807, 2.05) is 42.2 Å². The molecule has 0 aliphatic rings. The number of aryl methyl sites for hydroxylation is 1. The molecule has 5 nitrogen and oxygen atoms in total. The molecule has 3 aromatic heterocycles. The Labute approximate surface area is 149 Å². The SMILES string of the molecule is Cc1cccc(Cn2cc(CN(C)c3ccc(C(C)C)nc3)cn2)n1. The van der Waals surface area contributed by atoms with Gasteiger partial charge in [-0.05, 0) is 37.1 Å². The fourth-order valence-electron chi connectivity index (χ4n) is 2.76. The van der Waals surface area contributed by atoms with Crippen molar-refractivity contribution in [2.24, 2.45) is 0 Å². The number of hydrogen-bond donors (Lipinski definition) is 0. The predicted molar refractivity (Wildman–Crippen MR) is 101 cm³/mol. The highest BCUT2D eigenvalue weighted by Gasteiger charge is 2.07. The second-order valence-corrected chi connectivity index (χ2v) is 6.77. The average molecular weight is 335 g/mol. The second kappa shape index (κ2) is 7.47. The molecule has 3 rings (SSSR count). The Balaban J connectivity index is 1.64. The van der Waals surface area contributed by atoms with E-state index in [9.17, 15) is 0 Å². The fourth-order valence-corrected chi connectivity index (χ4v) is 2.76. The molecule has 0 spiro atoms. The highest BCUT2D eigenvalue weighted by atomic mass is 15.3. The lowest BCUT2D eigenvalue weighted by Gasteiger charge is -2.18. The molecule has 3 aromatic rings. The van der Waals surface area contributed by atoms with Crippen LogP contribution in [-0.4, -0.2) is 26.8 Å². The fraction of sp³-hybridized carbons (Fsp3) is 0.350. The lowest BCUT2D eigenvalue weighted by atomic mass is 10.1. The van der Waals surface area contributed by atoms with E-state index in [2.05, 4.69) is 59.2 Å². The lowest BCUT2D eigenvalue weighted by Crippen LogP contribution is -2.16. The first-order valence-electron chi connectivity index (χ1n) is 8.62. The first-order valence-corrected chi connectivity index (χ1v) is 8.62. The summed E-state index contributed by atoms with van der Waals surface area (Å²) < 4.78 is 1.94. The highest BCUT2D eigenvalue weighted by Crippen LogP contribution is 2.18. The largest absolute Gasteiger partial charge is 0.369 e. The maximum atomic E-state index is 4.54. The smallest absolute Gasteiger partial charge is 0.0831 e. The summed E-state index contributed by atoms with van der Waals surface area (Å²) in [5.74, 6) is 0.452. The van der Waals surface area contributed by atoms with Crippen LogP contribution in [0.5, 0.6) is 0 Å². The summed E-state index contributed by atoms with van der Waals surface area (Å²) in [6.07, 6.45) is 5.94. The third-order valence-corrected chi connectivity index (χ3v) is 4.18. The molecular weight excluding hydrogens is 310 g/mol. The molecule has 0 bridgehead atoms. The van der Waals surface area contributed by atoms with Gasteiger partial charge in [0.05, 0.1) is 30.3 Å². The van der Waals surface area contributed by atoms with Crippen molar-refractivity contribution in [1.82, 2.24) is 19.7 Å². The number of rotatable bonds is 6. The first kappa shape index (κ1) is 17.1. The van der Waals surface area contributed by atoms with Crippen LogP contribution in [-0.2, 0) is 13.1 Å². The van der Waals surface area contributed by atoms with Crippen LogP contribution >= 0.6 is 0 Å². The molecule has 0 saturated heterocycles. The van der Waals surface area contributed by atoms with Gasteiger partial charge in [0.15, 0.2) is 0 Å². The van der Waals surface area contributed by atoms with Gasteiger partial charge in [-0.2, -0.15) is 5.10 Å². The summed E-state index contributed by atoms with van der Waals surface area (Å²) in [5, 5.41) is 4.46. The lowest BCUT2D eigenvalue weighted by molar-refractivity contribution is 0.670. The molecule has 25 heavy (non-hydrogen) atoms. The van der Waals surface area contributed by atoms with E-state index in [0.717, 1.165) is 29.3 Å². The molecule has 0 N–H and O–H groups in total. The molecule has 130 valence electrons. The summed E-state index contributed by atoms with van der Waals surface area (Å²) in [7, 11) is 2.07. The summed E-state index contributed by atoms with van der Waals surface area (Å²) in [4.78, 5) is 11.3. The van der Waals surface area contributed by atoms with Crippen molar-refractivity contribution in [1.29, 1.82) is 0 Å². The molecule has 3 heterocycles. The molecule has 0 radical (unpaired) electrons. The van der Waals surface area contributed by atoms with Gasteiger partial charge in [0.1, 0.15) is 0 Å². The van der Waals surface area contributed by atoms with Gasteiger partial charge in [-0.25, -0.2) is 0 Å². The summed E-state index contributed by atoms with van der Waals surface area (Å²) >= 11 is 0. The standard InChI is InChI=1S/C20H25N5/c1-15(2)20-9-8-19(11-21-20)24(4)12-17-10-22-25(13-17)14-18-7-5-6-16(3)23-18/h5-11,13,15H,12,14H2,1-4H3. The number of anilines is 1. The molecule has 0 fully saturated rings. The van der Waals surface area contributed by atoms with E-state index in [1.165, 1.54) is 5.56 Å². The Morgan fingerprint density at radius 3 is 2.64 bits per heavy atom. The van der Waals surface area contributed by atoms with Gasteiger partial charge < -0.3 is 4.90 Å². The van der Waals surface area contributed by atoms with E-state index in [-0.39, 0.29) is 0 Å². The number of nitrogens with zero attached hydrogens (tertiary/aromatic N) is 5. The first-order chi connectivity index (χ1) is 12.0. The maximum Gasteiger partial charge on any atom is 0.0831 e. The zero-order valence-corrected chi connectivity index (χ0v) is 15.3. The molecular formula is C20H25N5. The van der Waals surface area contributed by atoms with Crippen LogP contribution in [0.15, 0.2) is 48.9 Å². The van der Waals surface area contributed by atoms with Crippen LogP contribution in [0.1, 0.15) is 42.4 Å². The van der Waals surface area contributed by atoms with E-state index in [0.29, 0.717) is 12.5 Å². The maximum absolute atomic E-state index is 4.54. The quantitative estimate of drug-likeness (QED) is 0.687. The van der Waals surface area contributed by atoms with Gasteiger partial charge in [-0.3, -0.25) is 14.6 Å². The molecule has 0 aliphatic heterocycles. The minimum absolute atomic E-state index is 0.452. The topological polar surface area (TPSA) is 46.8 Å². The van der Waals surface area contributed by atoms with Crippen molar-refractivity contribution in [3.63, 3.8) is 0 Å². The van der Waals surface area contributed by atoms with Gasteiger partial charge in [0, 0.05) is 36.7 Å². The van der Waals surface area contributed by atoms with E-state index < -0.39 is 0 Å². The molecule has 5 heteroatoms. The van der Waals surface area contributed by atoms with Crippen molar-refractivity contribution in [3.8, 4) is 0 Å². The van der Waals surface area contributed by atoms with E-state index in [1.54, 1.807) is 0 Å². The molecule has 0 aliphatic carbocycles. The molecule has 0 aromatic carbocycles.